The van der Waals surface area contributed by atoms with Crippen LogP contribution in [0.5, 0.6) is 5.75 Å². The number of benzene rings is 2. The fraction of sp³-hybridized carbons (Fsp3) is 0.300. The molecule has 2 N–H and O–H groups in total. The Morgan fingerprint density at radius 3 is 2.68 bits per heavy atom. The highest BCUT2D eigenvalue weighted by Crippen LogP contribution is 2.36. The van der Waals surface area contributed by atoms with Crippen LogP contribution in [0.15, 0.2) is 41.6 Å². The molecule has 2 heterocycles. The number of aromatic amines is 1. The van der Waals surface area contributed by atoms with E-state index in [1.54, 1.807) is 10.6 Å². The van der Waals surface area contributed by atoms with Gasteiger partial charge in [-0.2, -0.15) is 5.10 Å². The van der Waals surface area contributed by atoms with E-state index in [1.165, 1.54) is 18.9 Å². The highest BCUT2D eigenvalue weighted by Gasteiger charge is 2.19. The van der Waals surface area contributed by atoms with E-state index in [2.05, 4.69) is 32.4 Å². The lowest BCUT2D eigenvalue weighted by atomic mass is 10.0. The SMILES string of the molecule is CCc1cc(-c2n[nH]c(=S)n2-c2cccc(N3CCCC3)c2)c(N=O)cc1O. The van der Waals surface area contributed by atoms with Crippen LogP contribution in [0.4, 0.5) is 11.4 Å². The molecule has 0 unspecified atom stereocenters. The van der Waals surface area contributed by atoms with Crippen LogP contribution in [-0.4, -0.2) is 33.0 Å². The van der Waals surface area contributed by atoms with E-state index < -0.39 is 0 Å². The molecule has 4 rings (SSSR count). The molecule has 0 spiro atoms. The van der Waals surface area contributed by atoms with Gasteiger partial charge in [-0.1, -0.05) is 13.0 Å². The van der Waals surface area contributed by atoms with Gasteiger partial charge in [-0.15, -0.1) is 4.91 Å². The minimum absolute atomic E-state index is 0.0533. The Bertz CT molecular complexity index is 1080. The highest BCUT2D eigenvalue weighted by atomic mass is 32.1. The van der Waals surface area contributed by atoms with E-state index in [4.69, 9.17) is 12.2 Å². The van der Waals surface area contributed by atoms with Crippen molar-refractivity contribution in [2.45, 2.75) is 26.2 Å². The summed E-state index contributed by atoms with van der Waals surface area (Å²) in [5.41, 5.74) is 3.37. The van der Waals surface area contributed by atoms with E-state index in [0.29, 0.717) is 28.1 Å². The maximum Gasteiger partial charge on any atom is 0.200 e. The second kappa shape index (κ2) is 7.55. The van der Waals surface area contributed by atoms with Crippen molar-refractivity contribution in [2.24, 2.45) is 5.18 Å². The Labute approximate surface area is 167 Å². The predicted molar refractivity (Wildman–Crippen MR) is 112 cm³/mol. The molecule has 1 fully saturated rings. The zero-order chi connectivity index (χ0) is 19.7. The Hall–Kier alpha value is -3.00. The number of phenols is 1. The summed E-state index contributed by atoms with van der Waals surface area (Å²) in [7, 11) is 0. The number of hydrogen-bond donors (Lipinski definition) is 2. The number of anilines is 1. The van der Waals surface area contributed by atoms with Gasteiger partial charge in [0.2, 0.25) is 0 Å². The van der Waals surface area contributed by atoms with Gasteiger partial charge in [-0.3, -0.25) is 9.67 Å². The average Bonchev–Trinajstić information content (AvgIpc) is 3.38. The van der Waals surface area contributed by atoms with Crippen molar-refractivity contribution in [3.8, 4) is 22.8 Å². The van der Waals surface area contributed by atoms with Crippen LogP contribution in [0, 0.1) is 9.68 Å². The molecule has 0 bridgehead atoms. The number of H-pyrrole nitrogens is 1. The standard InChI is InChI=1S/C20H21N5O2S/c1-2-13-10-16(17(23-27)12-18(13)26)19-21-22-20(28)25(19)15-7-5-6-14(11-15)24-8-3-4-9-24/h5-7,10-12,26H,2-4,8-9H2,1H3,(H,22,28). The summed E-state index contributed by atoms with van der Waals surface area (Å²) >= 11 is 5.47. The molecule has 0 amide bonds. The Balaban J connectivity index is 1.87. The average molecular weight is 395 g/mol. The largest absolute Gasteiger partial charge is 0.508 e. The minimum atomic E-state index is 0.0533. The molecule has 1 saturated heterocycles. The van der Waals surface area contributed by atoms with Gasteiger partial charge < -0.3 is 10.0 Å². The first-order valence-corrected chi connectivity index (χ1v) is 9.75. The number of nitroso groups, excluding NO2 is 1. The van der Waals surface area contributed by atoms with Crippen LogP contribution in [-0.2, 0) is 6.42 Å². The number of rotatable bonds is 5. The van der Waals surface area contributed by atoms with E-state index in [0.717, 1.165) is 24.5 Å². The van der Waals surface area contributed by atoms with Gasteiger partial charge in [0.1, 0.15) is 11.4 Å². The number of aromatic hydroxyl groups is 1. The van der Waals surface area contributed by atoms with Crippen LogP contribution >= 0.6 is 12.2 Å². The van der Waals surface area contributed by atoms with Crippen molar-refractivity contribution in [1.29, 1.82) is 0 Å². The van der Waals surface area contributed by atoms with Crippen LogP contribution in [0.2, 0.25) is 0 Å². The zero-order valence-electron chi connectivity index (χ0n) is 15.6. The minimum Gasteiger partial charge on any atom is -0.508 e. The quantitative estimate of drug-likeness (QED) is 0.476. The Morgan fingerprint density at radius 1 is 1.21 bits per heavy atom. The molecule has 7 nitrogen and oxygen atoms in total. The van der Waals surface area contributed by atoms with E-state index in [9.17, 15) is 10.0 Å². The van der Waals surface area contributed by atoms with E-state index in [1.807, 2.05) is 19.1 Å². The summed E-state index contributed by atoms with van der Waals surface area (Å²) in [6, 6.07) is 11.3. The van der Waals surface area contributed by atoms with Crippen molar-refractivity contribution in [1.82, 2.24) is 14.8 Å². The molecule has 1 aromatic heterocycles. The number of phenolic OH excluding ortho intramolecular Hbond substituents is 1. The van der Waals surface area contributed by atoms with Gasteiger partial charge in [0.05, 0.1) is 5.69 Å². The summed E-state index contributed by atoms with van der Waals surface area (Å²) in [6.45, 7) is 4.03. The van der Waals surface area contributed by atoms with Gasteiger partial charge >= 0.3 is 0 Å². The number of nitrogens with zero attached hydrogens (tertiary/aromatic N) is 4. The normalized spacial score (nSPS) is 13.8. The van der Waals surface area contributed by atoms with Gasteiger partial charge in [0.25, 0.3) is 0 Å². The van der Waals surface area contributed by atoms with E-state index >= 15 is 0 Å². The van der Waals surface area contributed by atoms with Crippen LogP contribution in [0.25, 0.3) is 17.1 Å². The molecule has 1 aliphatic heterocycles. The Morgan fingerprint density at radius 2 is 1.96 bits per heavy atom. The van der Waals surface area contributed by atoms with Crippen LogP contribution in [0.3, 0.4) is 0 Å². The van der Waals surface area contributed by atoms with Gasteiger partial charge in [0.15, 0.2) is 10.6 Å². The second-order valence-corrected chi connectivity index (χ2v) is 7.23. The molecule has 144 valence electrons. The van der Waals surface area contributed by atoms with Crippen molar-refractivity contribution >= 4 is 23.6 Å². The van der Waals surface area contributed by atoms with E-state index in [-0.39, 0.29) is 11.4 Å². The fourth-order valence-corrected chi connectivity index (χ4v) is 3.92. The molecule has 3 aromatic rings. The van der Waals surface area contributed by atoms with Crippen LogP contribution < -0.4 is 4.90 Å². The molecule has 28 heavy (non-hydrogen) atoms. The third kappa shape index (κ3) is 3.20. The summed E-state index contributed by atoms with van der Waals surface area (Å²) < 4.78 is 2.23. The molecule has 0 radical (unpaired) electrons. The summed E-state index contributed by atoms with van der Waals surface area (Å²) in [4.78, 5) is 13.7. The number of nitrogens with one attached hydrogen (secondary N) is 1. The predicted octanol–water partition coefficient (Wildman–Crippen LogP) is 4.86. The molecule has 0 aliphatic carbocycles. The molecule has 2 aromatic carbocycles. The van der Waals surface area contributed by atoms with Crippen molar-refractivity contribution in [2.75, 3.05) is 18.0 Å². The van der Waals surface area contributed by atoms with Crippen LogP contribution in [0.1, 0.15) is 25.3 Å². The third-order valence-corrected chi connectivity index (χ3v) is 5.42. The molecular formula is C20H21N5O2S. The first kappa shape index (κ1) is 18.4. The first-order chi connectivity index (χ1) is 13.6. The summed E-state index contributed by atoms with van der Waals surface area (Å²) in [5, 5.41) is 20.3. The lowest BCUT2D eigenvalue weighted by molar-refractivity contribution is 0.469. The smallest absolute Gasteiger partial charge is 0.200 e. The molecule has 0 saturated carbocycles. The monoisotopic (exact) mass is 395 g/mol. The van der Waals surface area contributed by atoms with Crippen molar-refractivity contribution in [3.05, 3.63) is 51.6 Å². The molecule has 8 heteroatoms. The van der Waals surface area contributed by atoms with Crippen molar-refractivity contribution < 1.29 is 5.11 Å². The van der Waals surface area contributed by atoms with Gasteiger partial charge in [-0.05, 0) is 66.5 Å². The third-order valence-electron chi connectivity index (χ3n) is 5.15. The maximum atomic E-state index is 11.4. The molecule has 0 atom stereocenters. The first-order valence-electron chi connectivity index (χ1n) is 9.34. The number of aryl methyl sites for hydroxylation is 1. The second-order valence-electron chi connectivity index (χ2n) is 6.84. The Kier molecular flexibility index (Phi) is 4.95. The maximum absolute atomic E-state index is 11.4. The zero-order valence-corrected chi connectivity index (χ0v) is 16.4. The van der Waals surface area contributed by atoms with Gasteiger partial charge in [0, 0.05) is 30.4 Å². The highest BCUT2D eigenvalue weighted by molar-refractivity contribution is 7.71. The summed E-state index contributed by atoms with van der Waals surface area (Å²) in [5.74, 6) is 0.547. The molecule has 1 aliphatic rings. The lowest BCUT2D eigenvalue weighted by Crippen LogP contribution is -2.17. The number of hydrogen-bond acceptors (Lipinski definition) is 6. The number of aromatic nitrogens is 3. The molecular weight excluding hydrogens is 374 g/mol. The lowest BCUT2D eigenvalue weighted by Gasteiger charge is -2.19. The summed E-state index contributed by atoms with van der Waals surface area (Å²) in [6.07, 6.45) is 3.01. The topological polar surface area (TPSA) is 86.5 Å². The van der Waals surface area contributed by atoms with Gasteiger partial charge in [-0.25, -0.2) is 0 Å². The fourth-order valence-electron chi connectivity index (χ4n) is 3.68. The van der Waals surface area contributed by atoms with Crippen molar-refractivity contribution in [3.63, 3.8) is 0 Å².